The third kappa shape index (κ3) is 6.13. The Morgan fingerprint density at radius 1 is 1.29 bits per heavy atom. The van der Waals surface area contributed by atoms with Gasteiger partial charge in [0.2, 0.25) is 10.0 Å². The molecule has 1 aromatic heterocycles. The Hall–Kier alpha value is -2.22. The van der Waals surface area contributed by atoms with E-state index in [1.54, 1.807) is 33.8 Å². The average molecular weight is 534 g/mol. The molecule has 8 nitrogen and oxygen atoms in total. The van der Waals surface area contributed by atoms with Gasteiger partial charge >= 0.3 is 12.1 Å². The molecule has 192 valence electrons. The van der Waals surface area contributed by atoms with Crippen LogP contribution in [0, 0.1) is 12.8 Å². The Balaban J connectivity index is 0.000000364. The zero-order valence-corrected chi connectivity index (χ0v) is 20.6. The lowest BCUT2D eigenvalue weighted by molar-refractivity contribution is -0.192. The minimum Gasteiger partial charge on any atom is -0.483 e. The molecule has 3 aliphatic rings. The van der Waals surface area contributed by atoms with Gasteiger partial charge in [0.1, 0.15) is 16.2 Å². The smallest absolute Gasteiger partial charge is 0.483 e. The number of sulfonamides is 1. The number of nitrogens with zero attached hydrogens (tertiary/aromatic N) is 3. The fourth-order valence-electron chi connectivity index (χ4n) is 4.32. The van der Waals surface area contributed by atoms with Crippen molar-refractivity contribution in [2.75, 3.05) is 26.2 Å². The third-order valence-electron chi connectivity index (χ3n) is 6.11. The van der Waals surface area contributed by atoms with Crippen molar-refractivity contribution in [3.63, 3.8) is 0 Å². The summed E-state index contributed by atoms with van der Waals surface area (Å²) in [7, 11) is -3.65. The Kier molecular flexibility index (Phi) is 7.15. The van der Waals surface area contributed by atoms with Crippen molar-refractivity contribution < 1.29 is 36.2 Å². The van der Waals surface area contributed by atoms with Crippen LogP contribution in [0.5, 0.6) is 5.75 Å². The summed E-state index contributed by atoms with van der Waals surface area (Å²) < 4.78 is 66.7. The van der Waals surface area contributed by atoms with Crippen LogP contribution in [0.3, 0.4) is 0 Å². The van der Waals surface area contributed by atoms with Crippen molar-refractivity contribution in [3.05, 3.63) is 40.3 Å². The highest BCUT2D eigenvalue weighted by molar-refractivity contribution is 7.89. The first-order chi connectivity index (χ1) is 16.4. The van der Waals surface area contributed by atoms with Gasteiger partial charge in [-0.05, 0) is 37.8 Å². The van der Waals surface area contributed by atoms with E-state index in [2.05, 4.69) is 9.88 Å². The van der Waals surface area contributed by atoms with E-state index < -0.39 is 27.8 Å². The van der Waals surface area contributed by atoms with Crippen LogP contribution in [0.25, 0.3) is 0 Å². The van der Waals surface area contributed by atoms with Gasteiger partial charge in [-0.15, -0.1) is 11.3 Å². The molecular formula is C22H26F3N3O5S2. The second kappa shape index (κ2) is 9.68. The summed E-state index contributed by atoms with van der Waals surface area (Å²) in [5.41, 5.74) is 0.299. The molecule has 5 rings (SSSR count). The highest BCUT2D eigenvalue weighted by atomic mass is 32.2. The van der Waals surface area contributed by atoms with Gasteiger partial charge in [0, 0.05) is 31.4 Å². The van der Waals surface area contributed by atoms with Crippen LogP contribution < -0.4 is 4.74 Å². The summed E-state index contributed by atoms with van der Waals surface area (Å²) in [6, 6.07) is 7.05. The van der Waals surface area contributed by atoms with Crippen LogP contribution in [0.2, 0.25) is 0 Å². The van der Waals surface area contributed by atoms with Crippen LogP contribution in [0.4, 0.5) is 13.2 Å². The number of likely N-dealkylation sites (tertiary alicyclic amines) is 1. The van der Waals surface area contributed by atoms with Crippen LogP contribution >= 0.6 is 11.3 Å². The number of halogens is 3. The van der Waals surface area contributed by atoms with Crippen LogP contribution in [-0.4, -0.2) is 71.6 Å². The number of aryl methyl sites for hydroxylation is 1. The molecule has 1 saturated heterocycles. The number of rotatable bonds is 4. The van der Waals surface area contributed by atoms with E-state index in [1.807, 2.05) is 18.4 Å². The molecule has 1 atom stereocenters. The van der Waals surface area contributed by atoms with Gasteiger partial charge < -0.3 is 9.84 Å². The van der Waals surface area contributed by atoms with Crippen LogP contribution in [-0.2, 0) is 21.4 Å². The zero-order valence-electron chi connectivity index (χ0n) is 19.0. The molecule has 35 heavy (non-hydrogen) atoms. The molecule has 3 heterocycles. The van der Waals surface area contributed by atoms with Gasteiger partial charge in [0.25, 0.3) is 0 Å². The van der Waals surface area contributed by atoms with Gasteiger partial charge in [0.15, 0.2) is 0 Å². The number of carboxylic acid groups (broad SMARTS) is 1. The summed E-state index contributed by atoms with van der Waals surface area (Å²) >= 11 is 1.55. The van der Waals surface area contributed by atoms with Crippen molar-refractivity contribution in [2.45, 2.75) is 49.4 Å². The molecule has 2 fully saturated rings. The molecule has 2 aliphatic heterocycles. The molecule has 13 heteroatoms. The third-order valence-corrected chi connectivity index (χ3v) is 8.77. The largest absolute Gasteiger partial charge is 0.490 e. The fraction of sp³-hybridized carbons (Fsp3) is 0.545. The minimum atomic E-state index is -5.08. The molecular weight excluding hydrogens is 507 g/mol. The Morgan fingerprint density at radius 2 is 1.97 bits per heavy atom. The van der Waals surface area contributed by atoms with E-state index in [0.29, 0.717) is 12.3 Å². The van der Waals surface area contributed by atoms with Crippen molar-refractivity contribution in [2.24, 2.45) is 5.92 Å². The second-order valence-corrected chi connectivity index (χ2v) is 12.1. The number of carbonyl (C=O) groups is 1. The summed E-state index contributed by atoms with van der Waals surface area (Å²) in [6.07, 6.45) is -1.61. The van der Waals surface area contributed by atoms with E-state index >= 15 is 0 Å². The molecule has 1 N–H and O–H groups in total. The lowest BCUT2D eigenvalue weighted by Gasteiger charge is -2.32. The predicted octanol–water partition coefficient (Wildman–Crippen LogP) is 3.52. The molecule has 1 saturated carbocycles. The first-order valence-corrected chi connectivity index (χ1v) is 13.4. The van der Waals surface area contributed by atoms with E-state index in [-0.39, 0.29) is 11.4 Å². The minimum absolute atomic E-state index is 0.263. The first kappa shape index (κ1) is 25.9. The molecule has 2 aromatic rings. The molecule has 1 unspecified atom stereocenters. The Labute approximate surface area is 205 Å². The van der Waals surface area contributed by atoms with Crippen molar-refractivity contribution in [1.29, 1.82) is 0 Å². The number of thiazole rings is 1. The van der Waals surface area contributed by atoms with E-state index in [0.717, 1.165) is 42.7 Å². The van der Waals surface area contributed by atoms with Crippen LogP contribution in [0.1, 0.15) is 30.0 Å². The Bertz CT molecular complexity index is 1180. The number of ether oxygens (including phenoxy) is 1. The second-order valence-electron chi connectivity index (χ2n) is 9.09. The van der Waals surface area contributed by atoms with Crippen molar-refractivity contribution >= 4 is 27.3 Å². The standard InChI is InChI=1S/C20H25N3O3S2.C2HF3O2/c1-15-21-17(12-27-15)11-23-14-20(8-9-22(13-20)10-16-6-7-16)26-18-4-2-3-5-19(18)28(23,24)25;3-2(4,5)1(6)7/h2-5,12,16H,6-11,13-14H2,1H3;(H,6,7). The maximum atomic E-state index is 13.5. The maximum absolute atomic E-state index is 13.5. The van der Waals surface area contributed by atoms with E-state index in [1.165, 1.54) is 12.8 Å². The highest BCUT2D eigenvalue weighted by Gasteiger charge is 2.48. The predicted molar refractivity (Wildman–Crippen MR) is 122 cm³/mol. The first-order valence-electron chi connectivity index (χ1n) is 11.1. The number of alkyl halides is 3. The molecule has 0 amide bonds. The van der Waals surface area contributed by atoms with Gasteiger partial charge in [-0.25, -0.2) is 18.2 Å². The topological polar surface area (TPSA) is 100 Å². The average Bonchev–Trinajstić information content (AvgIpc) is 3.38. The normalized spacial score (nSPS) is 24.2. The molecule has 0 radical (unpaired) electrons. The number of aromatic nitrogens is 1. The number of para-hydroxylation sites is 1. The molecule has 1 aliphatic carbocycles. The van der Waals surface area contributed by atoms with Gasteiger partial charge in [-0.1, -0.05) is 12.1 Å². The summed E-state index contributed by atoms with van der Waals surface area (Å²) in [5.74, 6) is -1.47. The SMILES string of the molecule is Cc1nc(CN2CC3(CCN(CC4CC4)C3)Oc3ccccc3S2(=O)=O)cs1.O=C(O)C(F)(F)F. The van der Waals surface area contributed by atoms with Gasteiger partial charge in [0.05, 0.1) is 23.8 Å². The number of benzene rings is 1. The lowest BCUT2D eigenvalue weighted by atomic mass is 10.0. The van der Waals surface area contributed by atoms with E-state index in [4.69, 9.17) is 14.6 Å². The highest BCUT2D eigenvalue weighted by Crippen LogP contribution is 2.40. The maximum Gasteiger partial charge on any atom is 0.490 e. The number of hydrogen-bond donors (Lipinski definition) is 1. The number of fused-ring (bicyclic) bond motifs is 1. The quantitative estimate of drug-likeness (QED) is 0.642. The van der Waals surface area contributed by atoms with Crippen molar-refractivity contribution in [3.8, 4) is 5.75 Å². The monoisotopic (exact) mass is 533 g/mol. The summed E-state index contributed by atoms with van der Waals surface area (Å²) in [4.78, 5) is 16.1. The summed E-state index contributed by atoms with van der Waals surface area (Å²) in [6.45, 7) is 5.43. The molecule has 0 bridgehead atoms. The number of carboxylic acids is 1. The van der Waals surface area contributed by atoms with Crippen molar-refractivity contribution in [1.82, 2.24) is 14.2 Å². The Morgan fingerprint density at radius 3 is 2.57 bits per heavy atom. The molecule has 1 spiro atoms. The van der Waals surface area contributed by atoms with Gasteiger partial charge in [-0.2, -0.15) is 17.5 Å². The number of aliphatic carboxylic acids is 1. The van der Waals surface area contributed by atoms with Gasteiger partial charge in [-0.3, -0.25) is 4.90 Å². The fourth-order valence-corrected chi connectivity index (χ4v) is 6.53. The molecule has 1 aromatic carbocycles. The zero-order chi connectivity index (χ0) is 25.4. The van der Waals surface area contributed by atoms with E-state index in [9.17, 15) is 21.6 Å². The lowest BCUT2D eigenvalue weighted by Crippen LogP contribution is -2.49. The summed E-state index contributed by atoms with van der Waals surface area (Å²) in [5, 5.41) is 10.0. The van der Waals surface area contributed by atoms with Crippen LogP contribution in [0.15, 0.2) is 34.5 Å². The number of hydrogen-bond acceptors (Lipinski definition) is 7.